The van der Waals surface area contributed by atoms with Crippen LogP contribution in [0.3, 0.4) is 0 Å². The summed E-state index contributed by atoms with van der Waals surface area (Å²) in [7, 11) is 0. The Bertz CT molecular complexity index is 449. The molecule has 1 nitrogen and oxygen atoms in total. The van der Waals surface area contributed by atoms with Crippen molar-refractivity contribution in [1.29, 1.82) is 0 Å². The molecule has 100 valence electrons. The summed E-state index contributed by atoms with van der Waals surface area (Å²) in [6, 6.07) is 5.39. The largest absolute Gasteiger partial charge is 0.446 e. The minimum absolute atomic E-state index is 0.0416. The summed E-state index contributed by atoms with van der Waals surface area (Å²) in [6.45, 7) is 0. The van der Waals surface area contributed by atoms with E-state index >= 15 is 0 Å². The number of halogens is 5. The van der Waals surface area contributed by atoms with E-state index in [0.717, 1.165) is 0 Å². The number of hydrogen-bond acceptors (Lipinski definition) is 2. The fourth-order valence-corrected chi connectivity index (χ4v) is 2.68. The van der Waals surface area contributed by atoms with Crippen LogP contribution >= 0.6 is 11.8 Å². The van der Waals surface area contributed by atoms with Gasteiger partial charge in [-0.05, 0) is 29.5 Å². The highest BCUT2D eigenvalue weighted by molar-refractivity contribution is 8.00. The third-order valence-electron chi connectivity index (χ3n) is 2.79. The van der Waals surface area contributed by atoms with Gasteiger partial charge in [-0.2, -0.15) is 13.2 Å². The Balaban J connectivity index is 2.18. The van der Waals surface area contributed by atoms with Crippen LogP contribution in [0.1, 0.15) is 18.4 Å². The van der Waals surface area contributed by atoms with Crippen LogP contribution in [0.4, 0.5) is 22.0 Å². The maximum Gasteiger partial charge on any atom is 0.446 e. The van der Waals surface area contributed by atoms with Gasteiger partial charge in [0.2, 0.25) is 0 Å². The Morgan fingerprint density at radius 2 is 1.78 bits per heavy atom. The van der Waals surface area contributed by atoms with Crippen molar-refractivity contribution in [3.63, 3.8) is 0 Å². The molecule has 1 saturated carbocycles. The maximum atomic E-state index is 12.8. The van der Waals surface area contributed by atoms with Gasteiger partial charge in [0.1, 0.15) is 0 Å². The SMILES string of the molecule is NC1(c2cccc(SC(F)(F)F)c2)CC(F)(F)C1. The van der Waals surface area contributed by atoms with E-state index in [1.165, 1.54) is 24.3 Å². The molecule has 7 heteroatoms. The van der Waals surface area contributed by atoms with Crippen molar-refractivity contribution in [1.82, 2.24) is 0 Å². The molecule has 0 saturated heterocycles. The minimum atomic E-state index is -4.40. The molecule has 0 amide bonds. The van der Waals surface area contributed by atoms with E-state index in [-0.39, 0.29) is 16.7 Å². The Hall–Kier alpha value is -0.820. The van der Waals surface area contributed by atoms with Crippen molar-refractivity contribution in [3.05, 3.63) is 29.8 Å². The first-order valence-corrected chi connectivity index (χ1v) is 5.94. The minimum Gasteiger partial charge on any atom is -0.321 e. The Morgan fingerprint density at radius 1 is 1.17 bits per heavy atom. The van der Waals surface area contributed by atoms with Crippen LogP contribution in [0, 0.1) is 0 Å². The molecular formula is C11H10F5NS. The standard InChI is InChI=1S/C11H10F5NS/c12-10(13)5-9(17,6-10)7-2-1-3-8(4-7)18-11(14,15)16/h1-4H,5-6,17H2. The van der Waals surface area contributed by atoms with Crippen LogP contribution in [-0.4, -0.2) is 11.4 Å². The van der Waals surface area contributed by atoms with Crippen LogP contribution in [0.2, 0.25) is 0 Å². The van der Waals surface area contributed by atoms with Gasteiger partial charge in [-0.1, -0.05) is 12.1 Å². The lowest BCUT2D eigenvalue weighted by molar-refractivity contribution is -0.125. The predicted octanol–water partition coefficient (Wildman–Crippen LogP) is 3.88. The first kappa shape index (κ1) is 13.6. The molecule has 18 heavy (non-hydrogen) atoms. The summed E-state index contributed by atoms with van der Waals surface area (Å²) in [5.41, 5.74) is 0.468. The van der Waals surface area contributed by atoms with Gasteiger partial charge in [0.25, 0.3) is 5.92 Å². The second-order valence-electron chi connectivity index (χ2n) is 4.44. The van der Waals surface area contributed by atoms with Crippen LogP contribution in [0.15, 0.2) is 29.2 Å². The highest BCUT2D eigenvalue weighted by Crippen LogP contribution is 2.50. The molecule has 1 aliphatic rings. The zero-order valence-electron chi connectivity index (χ0n) is 9.10. The number of nitrogens with two attached hydrogens (primary N) is 1. The molecule has 1 aromatic carbocycles. The van der Waals surface area contributed by atoms with Crippen LogP contribution in [-0.2, 0) is 5.54 Å². The number of alkyl halides is 5. The van der Waals surface area contributed by atoms with Gasteiger partial charge in [-0.15, -0.1) is 0 Å². The Labute approximate surface area is 105 Å². The van der Waals surface area contributed by atoms with E-state index in [4.69, 9.17) is 5.73 Å². The molecule has 0 unspecified atom stereocenters. The zero-order chi connectivity index (χ0) is 13.6. The lowest BCUT2D eigenvalue weighted by atomic mass is 9.70. The van der Waals surface area contributed by atoms with Gasteiger partial charge in [0.05, 0.1) is 5.54 Å². The van der Waals surface area contributed by atoms with Gasteiger partial charge in [0, 0.05) is 17.7 Å². The van der Waals surface area contributed by atoms with Crippen LogP contribution < -0.4 is 5.73 Å². The summed E-state index contributed by atoms with van der Waals surface area (Å²) in [4.78, 5) is -0.0416. The summed E-state index contributed by atoms with van der Waals surface area (Å²) in [6.07, 6.45) is -1.06. The van der Waals surface area contributed by atoms with Gasteiger partial charge < -0.3 is 5.73 Å². The monoisotopic (exact) mass is 283 g/mol. The topological polar surface area (TPSA) is 26.0 Å². The summed E-state index contributed by atoms with van der Waals surface area (Å²) >= 11 is -0.278. The molecule has 0 radical (unpaired) electrons. The molecule has 1 aliphatic carbocycles. The fourth-order valence-electron chi connectivity index (χ4n) is 2.08. The smallest absolute Gasteiger partial charge is 0.321 e. The second kappa shape index (κ2) is 4.09. The number of thioether (sulfide) groups is 1. The summed E-state index contributed by atoms with van der Waals surface area (Å²) in [5.74, 6) is -2.82. The van der Waals surface area contributed by atoms with E-state index in [0.29, 0.717) is 5.56 Å². The maximum absolute atomic E-state index is 12.8. The van der Waals surface area contributed by atoms with E-state index in [9.17, 15) is 22.0 Å². The van der Waals surface area contributed by atoms with Crippen molar-refractivity contribution in [2.75, 3.05) is 0 Å². The van der Waals surface area contributed by atoms with Crippen molar-refractivity contribution >= 4 is 11.8 Å². The molecule has 0 atom stereocenters. The number of hydrogen-bond donors (Lipinski definition) is 1. The predicted molar refractivity (Wildman–Crippen MR) is 58.4 cm³/mol. The molecule has 0 heterocycles. The van der Waals surface area contributed by atoms with Crippen molar-refractivity contribution in [2.24, 2.45) is 5.73 Å². The average molecular weight is 283 g/mol. The quantitative estimate of drug-likeness (QED) is 0.658. The molecular weight excluding hydrogens is 273 g/mol. The molecule has 1 fully saturated rings. The zero-order valence-corrected chi connectivity index (χ0v) is 9.92. The normalized spacial score (nSPS) is 21.4. The highest BCUT2D eigenvalue weighted by atomic mass is 32.2. The van der Waals surface area contributed by atoms with Gasteiger partial charge in [0.15, 0.2) is 0 Å². The average Bonchev–Trinajstić information content (AvgIpc) is 2.12. The molecule has 2 N–H and O–H groups in total. The molecule has 0 aromatic heterocycles. The number of benzene rings is 1. The van der Waals surface area contributed by atoms with Crippen molar-refractivity contribution < 1.29 is 22.0 Å². The van der Waals surface area contributed by atoms with E-state index in [2.05, 4.69) is 0 Å². The van der Waals surface area contributed by atoms with Crippen molar-refractivity contribution in [2.45, 2.75) is 34.7 Å². The first-order chi connectivity index (χ1) is 8.10. The van der Waals surface area contributed by atoms with Crippen LogP contribution in [0.25, 0.3) is 0 Å². The first-order valence-electron chi connectivity index (χ1n) is 5.13. The molecule has 0 bridgehead atoms. The van der Waals surface area contributed by atoms with Crippen LogP contribution in [0.5, 0.6) is 0 Å². The van der Waals surface area contributed by atoms with Crippen molar-refractivity contribution in [3.8, 4) is 0 Å². The lowest BCUT2D eigenvalue weighted by Gasteiger charge is -2.45. The van der Waals surface area contributed by atoms with Gasteiger partial charge in [-0.25, -0.2) is 8.78 Å². The Kier molecular flexibility index (Phi) is 3.09. The highest BCUT2D eigenvalue weighted by Gasteiger charge is 2.55. The molecule has 0 aliphatic heterocycles. The van der Waals surface area contributed by atoms with E-state index in [1.807, 2.05) is 0 Å². The third-order valence-corrected chi connectivity index (χ3v) is 3.51. The van der Waals surface area contributed by atoms with Gasteiger partial charge >= 0.3 is 5.51 Å². The molecule has 2 rings (SSSR count). The van der Waals surface area contributed by atoms with Gasteiger partial charge in [-0.3, -0.25) is 0 Å². The fraction of sp³-hybridized carbons (Fsp3) is 0.455. The second-order valence-corrected chi connectivity index (χ2v) is 5.58. The number of rotatable bonds is 2. The van der Waals surface area contributed by atoms with E-state index in [1.54, 1.807) is 0 Å². The Morgan fingerprint density at radius 3 is 2.28 bits per heavy atom. The third kappa shape index (κ3) is 2.95. The summed E-state index contributed by atoms with van der Waals surface area (Å²) < 4.78 is 62.3. The molecule has 1 aromatic rings. The van der Waals surface area contributed by atoms with E-state index < -0.39 is 29.8 Å². The molecule has 0 spiro atoms. The lowest BCUT2D eigenvalue weighted by Crippen LogP contribution is -2.55. The summed E-state index contributed by atoms with van der Waals surface area (Å²) in [5, 5.41) is 0.